The first-order valence-electron chi connectivity index (χ1n) is 13.9. The number of ether oxygens (including phenoxy) is 2. The number of aliphatic hydroxyl groups is 2. The fourth-order valence-electron chi connectivity index (χ4n) is 9.35. The van der Waals surface area contributed by atoms with E-state index in [0.717, 1.165) is 44.9 Å². The summed E-state index contributed by atoms with van der Waals surface area (Å²) in [4.78, 5) is 25.9. The molecule has 0 amide bonds. The van der Waals surface area contributed by atoms with Gasteiger partial charge in [-0.1, -0.05) is 53.0 Å². The van der Waals surface area contributed by atoms with E-state index in [0.29, 0.717) is 12.8 Å². The van der Waals surface area contributed by atoms with Gasteiger partial charge < -0.3 is 19.7 Å². The maximum absolute atomic E-state index is 13.7. The van der Waals surface area contributed by atoms with Gasteiger partial charge in [-0.25, -0.2) is 0 Å². The van der Waals surface area contributed by atoms with Crippen molar-refractivity contribution in [3.63, 3.8) is 0 Å². The number of rotatable bonds is 4. The molecule has 6 heteroatoms. The molecule has 1 aliphatic heterocycles. The molecule has 0 aromatic carbocycles. The van der Waals surface area contributed by atoms with Crippen LogP contribution < -0.4 is 0 Å². The zero-order valence-corrected chi connectivity index (χ0v) is 22.1. The van der Waals surface area contributed by atoms with Crippen LogP contribution in [0.1, 0.15) is 92.4 Å². The van der Waals surface area contributed by atoms with Crippen LogP contribution in [0.5, 0.6) is 0 Å². The molecular weight excluding hydrogens is 444 g/mol. The summed E-state index contributed by atoms with van der Waals surface area (Å²) < 4.78 is 12.3. The van der Waals surface area contributed by atoms with Crippen LogP contribution in [0.15, 0.2) is 11.6 Å². The molecule has 2 unspecified atom stereocenters. The highest BCUT2D eigenvalue weighted by atomic mass is 16.8. The van der Waals surface area contributed by atoms with Gasteiger partial charge in [-0.2, -0.15) is 0 Å². The van der Waals surface area contributed by atoms with Gasteiger partial charge >= 0.3 is 0 Å². The van der Waals surface area contributed by atoms with Crippen molar-refractivity contribution in [3.05, 3.63) is 11.6 Å². The lowest BCUT2D eigenvalue weighted by molar-refractivity contribution is -0.439. The van der Waals surface area contributed by atoms with Crippen molar-refractivity contribution in [3.8, 4) is 0 Å². The van der Waals surface area contributed by atoms with E-state index in [1.165, 1.54) is 5.57 Å². The molecule has 1 saturated heterocycles. The molecule has 6 nitrogen and oxygen atoms in total. The Balaban J connectivity index is 1.52. The Morgan fingerprint density at radius 3 is 2.69 bits per heavy atom. The largest absolute Gasteiger partial charge is 0.393 e. The molecule has 5 aliphatic rings. The van der Waals surface area contributed by atoms with Crippen molar-refractivity contribution in [2.24, 2.45) is 40.4 Å². The van der Waals surface area contributed by atoms with Gasteiger partial charge in [-0.3, -0.25) is 9.59 Å². The van der Waals surface area contributed by atoms with E-state index in [1.54, 1.807) is 0 Å². The Morgan fingerprint density at radius 1 is 1.23 bits per heavy atom. The fourth-order valence-corrected chi connectivity index (χ4v) is 9.35. The van der Waals surface area contributed by atoms with Crippen LogP contribution in [0.3, 0.4) is 0 Å². The van der Waals surface area contributed by atoms with E-state index >= 15 is 0 Å². The lowest BCUT2D eigenvalue weighted by atomic mass is 9.45. The molecule has 35 heavy (non-hydrogen) atoms. The highest BCUT2D eigenvalue weighted by Gasteiger charge is 2.74. The Morgan fingerprint density at radius 2 is 1.97 bits per heavy atom. The Labute approximate surface area is 209 Å². The second-order valence-electron chi connectivity index (χ2n) is 12.9. The summed E-state index contributed by atoms with van der Waals surface area (Å²) in [5.41, 5.74) is -0.728. The highest BCUT2D eigenvalue weighted by Crippen LogP contribution is 2.70. The number of aliphatic hydroxyl groups excluding tert-OH is 1. The van der Waals surface area contributed by atoms with Crippen molar-refractivity contribution in [1.82, 2.24) is 0 Å². The zero-order valence-electron chi connectivity index (χ0n) is 22.1. The van der Waals surface area contributed by atoms with Gasteiger partial charge in [0.05, 0.1) is 6.10 Å². The van der Waals surface area contributed by atoms with E-state index in [2.05, 4.69) is 27.7 Å². The van der Waals surface area contributed by atoms with Gasteiger partial charge in [0.25, 0.3) is 5.97 Å². The molecule has 0 radical (unpaired) electrons. The highest BCUT2D eigenvalue weighted by molar-refractivity contribution is 5.92. The number of ketones is 2. The van der Waals surface area contributed by atoms with Crippen LogP contribution in [0.2, 0.25) is 0 Å². The minimum atomic E-state index is -1.80. The molecule has 0 bridgehead atoms. The smallest absolute Gasteiger partial charge is 0.284 e. The number of fused-ring (bicyclic) bond motifs is 6. The first-order valence-corrected chi connectivity index (χ1v) is 13.9. The predicted molar refractivity (Wildman–Crippen MR) is 131 cm³/mol. The molecule has 10 atom stereocenters. The maximum atomic E-state index is 13.7. The molecule has 1 heterocycles. The molecule has 4 aliphatic carbocycles. The van der Waals surface area contributed by atoms with Gasteiger partial charge in [-0.05, 0) is 73.7 Å². The molecular formula is C29H44O6. The summed E-state index contributed by atoms with van der Waals surface area (Å²) in [6.45, 7) is 10.3. The maximum Gasteiger partial charge on any atom is 0.284 e. The van der Waals surface area contributed by atoms with E-state index in [4.69, 9.17) is 9.47 Å². The summed E-state index contributed by atoms with van der Waals surface area (Å²) in [6, 6.07) is 0. The summed E-state index contributed by atoms with van der Waals surface area (Å²) in [5.74, 6) is -1.49. The Hall–Kier alpha value is -1.08. The van der Waals surface area contributed by atoms with Crippen LogP contribution in [0, 0.1) is 40.4 Å². The number of carbonyl (C=O) groups is 2. The summed E-state index contributed by atoms with van der Waals surface area (Å²) in [7, 11) is 0. The van der Waals surface area contributed by atoms with Crippen molar-refractivity contribution in [2.45, 2.75) is 110 Å². The van der Waals surface area contributed by atoms with E-state index < -0.39 is 23.1 Å². The SMILES string of the molecule is CCCCC(C)C1(O)OCC(=O)[C@@]2(O1)[C@H](C)C[C@H]1[C@@H]3CCC4=CC(=O)CC[C@]4(C)[C@H]3[C@@H](O)C[C@@]12C. The topological polar surface area (TPSA) is 93.1 Å². The normalized spacial score (nSPS) is 50.4. The second kappa shape index (κ2) is 8.47. The van der Waals surface area contributed by atoms with Crippen molar-refractivity contribution in [1.29, 1.82) is 0 Å². The molecule has 3 saturated carbocycles. The quantitative estimate of drug-likeness (QED) is 0.603. The van der Waals surface area contributed by atoms with Crippen LogP contribution in [0.25, 0.3) is 0 Å². The number of hydrogen-bond acceptors (Lipinski definition) is 6. The number of allylic oxidation sites excluding steroid dienone is 1. The van der Waals surface area contributed by atoms with E-state index in [9.17, 15) is 19.8 Å². The molecule has 1 spiro atoms. The van der Waals surface area contributed by atoms with Crippen molar-refractivity contribution in [2.75, 3.05) is 6.61 Å². The predicted octanol–water partition coefficient (Wildman–Crippen LogP) is 4.56. The Kier molecular flexibility index (Phi) is 6.19. The third-order valence-corrected chi connectivity index (χ3v) is 11.2. The van der Waals surface area contributed by atoms with Crippen molar-refractivity contribution < 1.29 is 29.3 Å². The zero-order chi connectivity index (χ0) is 25.4. The van der Waals surface area contributed by atoms with Crippen LogP contribution in [0.4, 0.5) is 0 Å². The van der Waals surface area contributed by atoms with Crippen LogP contribution >= 0.6 is 0 Å². The lowest BCUT2D eigenvalue weighted by Gasteiger charge is -2.62. The third kappa shape index (κ3) is 3.42. The number of carbonyl (C=O) groups excluding carboxylic acids is 2. The minimum Gasteiger partial charge on any atom is -0.393 e. The van der Waals surface area contributed by atoms with Gasteiger partial charge in [-0.15, -0.1) is 0 Å². The standard InChI is InChI=1S/C29H44O6/c1-6-7-8-17(2)29(33)34-16-24(32)28(35-29)18(3)13-22-21-10-9-19-14-20(30)11-12-26(19,4)25(21)23(31)15-27(22,28)5/h14,17-18,21-23,25,31,33H,6-13,15-16H2,1-5H3/t17?,18-,21+,22+,23+,25-,26+,27+,28+,29?/m1/s1. The van der Waals surface area contributed by atoms with E-state index in [1.807, 2.05) is 13.0 Å². The fraction of sp³-hybridized carbons (Fsp3) is 0.862. The summed E-state index contributed by atoms with van der Waals surface area (Å²) in [6.07, 6.45) is 8.40. The third-order valence-electron chi connectivity index (χ3n) is 11.2. The molecule has 0 aromatic heterocycles. The van der Waals surface area contributed by atoms with Gasteiger partial charge in [0.15, 0.2) is 11.6 Å². The van der Waals surface area contributed by atoms with Gasteiger partial charge in [0.1, 0.15) is 12.2 Å². The monoisotopic (exact) mass is 488 g/mol. The number of hydrogen-bond donors (Lipinski definition) is 2. The van der Waals surface area contributed by atoms with Crippen molar-refractivity contribution >= 4 is 11.6 Å². The molecule has 5 rings (SSSR count). The van der Waals surface area contributed by atoms with Crippen LogP contribution in [-0.4, -0.2) is 46.1 Å². The first kappa shape index (κ1) is 25.6. The number of unbranched alkanes of at least 4 members (excludes halogenated alkanes) is 1. The first-order chi connectivity index (χ1) is 16.4. The van der Waals surface area contributed by atoms with Crippen LogP contribution in [-0.2, 0) is 19.1 Å². The molecule has 0 aromatic rings. The lowest BCUT2D eigenvalue weighted by Crippen LogP contribution is -2.69. The Bertz CT molecular complexity index is 928. The number of Topliss-reactive ketones (excluding diaryl/α,β-unsaturated/α-hetero) is 1. The molecule has 196 valence electrons. The van der Waals surface area contributed by atoms with E-state index in [-0.39, 0.29) is 53.2 Å². The summed E-state index contributed by atoms with van der Waals surface area (Å²) in [5, 5.41) is 23.3. The van der Waals surface area contributed by atoms with Gasteiger partial charge in [0, 0.05) is 17.8 Å². The summed E-state index contributed by atoms with van der Waals surface area (Å²) >= 11 is 0. The molecule has 2 N–H and O–H groups in total. The minimum absolute atomic E-state index is 0.0772. The molecule has 4 fully saturated rings. The average Bonchev–Trinajstić information content (AvgIpc) is 3.02. The second-order valence-corrected chi connectivity index (χ2v) is 12.9. The van der Waals surface area contributed by atoms with Gasteiger partial charge in [0.2, 0.25) is 0 Å². The average molecular weight is 489 g/mol.